The zero-order valence-corrected chi connectivity index (χ0v) is 18.2. The molecule has 2 heterocycles. The van der Waals surface area contributed by atoms with E-state index in [2.05, 4.69) is 9.82 Å². The van der Waals surface area contributed by atoms with Gasteiger partial charge in [-0.15, -0.1) is 11.3 Å². The van der Waals surface area contributed by atoms with Gasteiger partial charge in [-0.1, -0.05) is 54.1 Å². The average Bonchev–Trinajstić information content (AvgIpc) is 3.38. The van der Waals surface area contributed by atoms with E-state index in [9.17, 15) is 13.2 Å². The largest absolute Gasteiger partial charge is 0.284 e. The van der Waals surface area contributed by atoms with Gasteiger partial charge < -0.3 is 0 Å². The highest BCUT2D eigenvalue weighted by Gasteiger charge is 2.34. The maximum Gasteiger partial charge on any atom is 0.284 e. The third-order valence-corrected chi connectivity index (χ3v) is 6.29. The summed E-state index contributed by atoms with van der Waals surface area (Å²) in [5, 5.41) is 8.04. The normalized spacial score (nSPS) is 16.4. The van der Waals surface area contributed by atoms with Gasteiger partial charge >= 0.3 is 0 Å². The molecule has 0 aliphatic carbocycles. The lowest BCUT2D eigenvalue weighted by atomic mass is 9.97. The van der Waals surface area contributed by atoms with Crippen molar-refractivity contribution in [2.45, 2.75) is 19.4 Å². The maximum absolute atomic E-state index is 13.2. The molecule has 0 spiro atoms. The van der Waals surface area contributed by atoms with E-state index in [4.69, 9.17) is 0 Å². The number of rotatable bonds is 5. The van der Waals surface area contributed by atoms with E-state index in [1.807, 2.05) is 54.8 Å². The summed E-state index contributed by atoms with van der Waals surface area (Å²) in [7, 11) is -3.45. The third kappa shape index (κ3) is 4.29. The van der Waals surface area contributed by atoms with E-state index >= 15 is 0 Å². The van der Waals surface area contributed by atoms with Crippen molar-refractivity contribution in [2.24, 2.45) is 5.10 Å². The van der Waals surface area contributed by atoms with Gasteiger partial charge in [-0.25, -0.2) is 13.4 Å². The number of amides is 1. The van der Waals surface area contributed by atoms with Crippen molar-refractivity contribution in [3.8, 4) is 0 Å². The van der Waals surface area contributed by atoms with Gasteiger partial charge in [-0.05, 0) is 30.0 Å². The van der Waals surface area contributed by atoms with Gasteiger partial charge in [0.1, 0.15) is 0 Å². The number of hydrogen-bond donors (Lipinski definition) is 1. The second-order valence-electron chi connectivity index (χ2n) is 7.22. The third-order valence-electron chi connectivity index (χ3n) is 4.85. The van der Waals surface area contributed by atoms with Gasteiger partial charge in [0.25, 0.3) is 5.91 Å². The molecule has 3 aromatic rings. The Bertz CT molecular complexity index is 1200. The molecule has 2 aromatic carbocycles. The van der Waals surface area contributed by atoms with E-state index in [0.29, 0.717) is 28.3 Å². The van der Waals surface area contributed by atoms with Crippen LogP contribution in [0, 0.1) is 6.92 Å². The molecule has 8 heteroatoms. The number of anilines is 1. The number of para-hydroxylation sites is 1. The summed E-state index contributed by atoms with van der Waals surface area (Å²) in [4.78, 5) is 13.8. The maximum atomic E-state index is 13.2. The molecule has 1 N–H and O–H groups in total. The quantitative estimate of drug-likeness (QED) is 0.639. The molecular formula is C22H21N3O3S2. The average molecular weight is 440 g/mol. The zero-order valence-electron chi connectivity index (χ0n) is 16.6. The van der Waals surface area contributed by atoms with Crippen LogP contribution < -0.4 is 4.72 Å². The Labute approximate surface area is 179 Å². The summed E-state index contributed by atoms with van der Waals surface area (Å²) >= 11 is 1.37. The minimum Gasteiger partial charge on any atom is -0.283 e. The molecule has 30 heavy (non-hydrogen) atoms. The summed E-state index contributed by atoms with van der Waals surface area (Å²) in [5.74, 6) is -0.167. The van der Waals surface area contributed by atoms with E-state index in [1.165, 1.54) is 16.3 Å². The van der Waals surface area contributed by atoms with Gasteiger partial charge in [0, 0.05) is 12.0 Å². The smallest absolute Gasteiger partial charge is 0.283 e. The SMILES string of the molecule is Cc1ccc([C@@H]2CC(c3ccccc3NS(C)(=O)=O)=NN2C(=O)c2cccs2)cc1. The number of hydrogen-bond acceptors (Lipinski definition) is 5. The number of aryl methyl sites for hydroxylation is 1. The monoisotopic (exact) mass is 439 g/mol. The first-order chi connectivity index (χ1) is 14.3. The summed E-state index contributed by atoms with van der Waals surface area (Å²) in [5.41, 5.74) is 3.90. The standard InChI is InChI=1S/C22H21N3O3S2/c1-15-9-11-16(12-10-15)20-14-19(23-25(20)22(26)21-8-5-13-29-21)17-6-3-4-7-18(17)24-30(2,27)28/h3-13,20,24H,14H2,1-2H3/t20-/m0/s1. The van der Waals surface area contributed by atoms with Gasteiger partial charge in [0.2, 0.25) is 10.0 Å². The number of benzene rings is 2. The van der Waals surface area contributed by atoms with E-state index in [-0.39, 0.29) is 11.9 Å². The van der Waals surface area contributed by atoms with Crippen molar-refractivity contribution in [1.82, 2.24) is 5.01 Å². The number of carbonyl (C=O) groups is 1. The second kappa shape index (κ2) is 8.04. The molecule has 0 unspecified atom stereocenters. The van der Waals surface area contributed by atoms with Crippen LogP contribution in [0.4, 0.5) is 5.69 Å². The molecule has 1 aromatic heterocycles. The van der Waals surface area contributed by atoms with Gasteiger partial charge in [0.15, 0.2) is 0 Å². The lowest BCUT2D eigenvalue weighted by molar-refractivity contribution is 0.0716. The number of sulfonamides is 1. The van der Waals surface area contributed by atoms with Crippen LogP contribution in [0.1, 0.15) is 38.8 Å². The number of carbonyl (C=O) groups excluding carboxylic acids is 1. The fourth-order valence-corrected chi connectivity index (χ4v) is 4.68. The molecule has 1 aliphatic heterocycles. The molecule has 0 fully saturated rings. The van der Waals surface area contributed by atoms with Crippen LogP contribution in [-0.4, -0.2) is 31.3 Å². The van der Waals surface area contributed by atoms with Crippen molar-refractivity contribution in [3.05, 3.63) is 87.6 Å². The first kappa shape index (κ1) is 20.3. The number of nitrogens with one attached hydrogen (secondary N) is 1. The van der Waals surface area contributed by atoms with E-state index in [0.717, 1.165) is 17.4 Å². The molecule has 0 radical (unpaired) electrons. The van der Waals surface area contributed by atoms with Crippen LogP contribution in [0.25, 0.3) is 0 Å². The zero-order chi connectivity index (χ0) is 21.3. The topological polar surface area (TPSA) is 78.8 Å². The van der Waals surface area contributed by atoms with Crippen LogP contribution >= 0.6 is 11.3 Å². The van der Waals surface area contributed by atoms with Crippen LogP contribution in [0.2, 0.25) is 0 Å². The lowest BCUT2D eigenvalue weighted by Crippen LogP contribution is -2.26. The van der Waals surface area contributed by atoms with Crippen molar-refractivity contribution >= 4 is 38.7 Å². The van der Waals surface area contributed by atoms with Crippen molar-refractivity contribution in [2.75, 3.05) is 11.0 Å². The first-order valence-corrected chi connectivity index (χ1v) is 12.2. The van der Waals surface area contributed by atoms with Gasteiger partial charge in [-0.3, -0.25) is 9.52 Å². The van der Waals surface area contributed by atoms with Crippen LogP contribution in [0.15, 0.2) is 71.1 Å². The Morgan fingerprint density at radius 2 is 1.83 bits per heavy atom. The molecule has 0 bridgehead atoms. The second-order valence-corrected chi connectivity index (χ2v) is 9.92. The first-order valence-electron chi connectivity index (χ1n) is 9.40. The summed E-state index contributed by atoms with van der Waals surface area (Å²) < 4.78 is 26.1. The summed E-state index contributed by atoms with van der Waals surface area (Å²) in [6, 6.07) is 18.5. The molecular weight excluding hydrogens is 418 g/mol. The predicted octanol–water partition coefficient (Wildman–Crippen LogP) is 4.42. The van der Waals surface area contributed by atoms with Crippen molar-refractivity contribution in [3.63, 3.8) is 0 Å². The van der Waals surface area contributed by atoms with Gasteiger partial charge in [0.05, 0.1) is 28.6 Å². The van der Waals surface area contributed by atoms with Crippen molar-refractivity contribution < 1.29 is 13.2 Å². The number of nitrogens with zero attached hydrogens (tertiary/aromatic N) is 2. The molecule has 1 atom stereocenters. The Morgan fingerprint density at radius 3 is 2.50 bits per heavy atom. The molecule has 0 saturated carbocycles. The minimum atomic E-state index is -3.45. The van der Waals surface area contributed by atoms with E-state index < -0.39 is 10.0 Å². The highest BCUT2D eigenvalue weighted by atomic mass is 32.2. The highest BCUT2D eigenvalue weighted by molar-refractivity contribution is 7.92. The highest BCUT2D eigenvalue weighted by Crippen LogP contribution is 2.36. The summed E-state index contributed by atoms with van der Waals surface area (Å²) in [6.07, 6.45) is 1.60. The molecule has 6 nitrogen and oxygen atoms in total. The van der Waals surface area contributed by atoms with E-state index in [1.54, 1.807) is 18.2 Å². The molecule has 1 amide bonds. The number of hydrazone groups is 1. The lowest BCUT2D eigenvalue weighted by Gasteiger charge is -2.21. The van der Waals surface area contributed by atoms with Gasteiger partial charge in [-0.2, -0.15) is 5.10 Å². The van der Waals surface area contributed by atoms with Crippen LogP contribution in [0.3, 0.4) is 0 Å². The molecule has 4 rings (SSSR count). The summed E-state index contributed by atoms with van der Waals surface area (Å²) in [6.45, 7) is 2.02. The Morgan fingerprint density at radius 1 is 1.10 bits per heavy atom. The molecule has 0 saturated heterocycles. The number of thiophene rings is 1. The molecule has 1 aliphatic rings. The predicted molar refractivity (Wildman–Crippen MR) is 120 cm³/mol. The van der Waals surface area contributed by atoms with Crippen LogP contribution in [-0.2, 0) is 10.0 Å². The Hall–Kier alpha value is -2.97. The fraction of sp³-hybridized carbons (Fsp3) is 0.182. The molecule has 154 valence electrons. The Balaban J connectivity index is 1.76. The Kier molecular flexibility index (Phi) is 5.44. The minimum absolute atomic E-state index is 0.167. The van der Waals surface area contributed by atoms with Crippen LogP contribution in [0.5, 0.6) is 0 Å². The fourth-order valence-electron chi connectivity index (χ4n) is 3.45. The van der Waals surface area contributed by atoms with Crippen molar-refractivity contribution in [1.29, 1.82) is 0 Å².